The zero-order chi connectivity index (χ0) is 27.6. The lowest BCUT2D eigenvalue weighted by Crippen LogP contribution is -2.65. The Hall–Kier alpha value is -3.28. The van der Waals surface area contributed by atoms with Crippen LogP contribution < -0.4 is 5.73 Å². The minimum absolute atomic E-state index is 0.0533. The second-order valence-corrected chi connectivity index (χ2v) is 11.5. The molecule has 6 atom stereocenters. The molecule has 0 aromatic heterocycles. The molecule has 202 valence electrons. The molecule has 5 aliphatic rings. The molecule has 1 aliphatic heterocycles. The number of benzene rings is 1. The average molecular weight is 528 g/mol. The zero-order valence-electron chi connectivity index (χ0n) is 21.3. The number of phenols is 1. The number of amides is 1. The average Bonchev–Trinajstić information content (AvgIpc) is 3.39. The number of primary amides is 1. The van der Waals surface area contributed by atoms with Crippen molar-refractivity contribution in [3.8, 4) is 5.75 Å². The zero-order valence-corrected chi connectivity index (χ0v) is 21.3. The van der Waals surface area contributed by atoms with Gasteiger partial charge in [0, 0.05) is 34.2 Å². The first-order valence-electron chi connectivity index (χ1n) is 12.7. The van der Waals surface area contributed by atoms with Crippen molar-refractivity contribution in [2.75, 3.05) is 27.7 Å². The lowest BCUT2D eigenvalue weighted by atomic mass is 9.57. The standard InChI is InChI=1S/C27H30FN3O7/c1-30(2)20-13-8-10-7-11-16(21(32)12-6-9-4-5-31(3)19(9)15(12)18(11)28)22(33)14(10)24(35)27(13,38)25(36)17(23(20)34)26(29)37/h9-10,13,19-20,32-33,36,38H,4-8H2,1-3H3,(H2,29,37)/t9-,10-,13-,19-,20-,27-/m0/s1. The third-order valence-corrected chi connectivity index (χ3v) is 9.50. The second-order valence-electron chi connectivity index (χ2n) is 11.5. The fraction of sp³-hybridized carbons (Fsp3) is 0.519. The van der Waals surface area contributed by atoms with Gasteiger partial charge in [0.05, 0.1) is 11.6 Å². The molecule has 6 rings (SSSR count). The van der Waals surface area contributed by atoms with E-state index in [2.05, 4.69) is 4.90 Å². The summed E-state index contributed by atoms with van der Waals surface area (Å²) in [5, 5.41) is 45.2. The van der Waals surface area contributed by atoms with Crippen LogP contribution in [-0.4, -0.2) is 87.0 Å². The smallest absolute Gasteiger partial charge is 0.255 e. The predicted octanol–water partition coefficient (Wildman–Crippen LogP) is 0.652. The van der Waals surface area contributed by atoms with Crippen LogP contribution >= 0.6 is 0 Å². The monoisotopic (exact) mass is 527 g/mol. The van der Waals surface area contributed by atoms with Gasteiger partial charge in [0.1, 0.15) is 28.7 Å². The topological polar surface area (TPSA) is 165 Å². The van der Waals surface area contributed by atoms with Crippen LogP contribution in [0.4, 0.5) is 4.39 Å². The Balaban J connectivity index is 1.56. The molecular formula is C27H30FN3O7. The molecule has 4 aliphatic carbocycles. The van der Waals surface area contributed by atoms with E-state index in [1.807, 2.05) is 7.05 Å². The number of likely N-dealkylation sites (tertiary alicyclic amines) is 1. The molecule has 0 bridgehead atoms. The Labute approximate surface area is 217 Å². The third-order valence-electron chi connectivity index (χ3n) is 9.50. The van der Waals surface area contributed by atoms with Gasteiger partial charge in [-0.05, 0) is 65.2 Å². The van der Waals surface area contributed by atoms with Crippen LogP contribution in [0.3, 0.4) is 0 Å². The van der Waals surface area contributed by atoms with E-state index < -0.39 is 63.9 Å². The Morgan fingerprint density at radius 2 is 1.84 bits per heavy atom. The number of rotatable bonds is 2. The van der Waals surface area contributed by atoms with Crippen LogP contribution in [-0.2, 0) is 27.2 Å². The number of halogens is 1. The number of hydrogen-bond acceptors (Lipinski definition) is 9. The normalized spacial score (nSPS) is 34.3. The molecule has 0 unspecified atom stereocenters. The summed E-state index contributed by atoms with van der Waals surface area (Å²) in [5.74, 6) is -7.70. The molecule has 2 fully saturated rings. The number of phenolic OH excluding ortho intramolecular Hbond substituents is 1. The Morgan fingerprint density at radius 3 is 2.47 bits per heavy atom. The fourth-order valence-electron chi connectivity index (χ4n) is 7.88. The summed E-state index contributed by atoms with van der Waals surface area (Å²) in [6.45, 7) is 0.809. The molecule has 1 aromatic carbocycles. The molecule has 38 heavy (non-hydrogen) atoms. The lowest BCUT2D eigenvalue weighted by molar-refractivity contribution is -0.153. The minimum atomic E-state index is -2.71. The largest absolute Gasteiger partial charge is 0.508 e. The van der Waals surface area contributed by atoms with Gasteiger partial charge >= 0.3 is 0 Å². The number of likely N-dealkylation sites (N-methyl/N-ethyl adjacent to an activating group) is 1. The van der Waals surface area contributed by atoms with Crippen LogP contribution in [0.15, 0.2) is 16.9 Å². The van der Waals surface area contributed by atoms with E-state index in [4.69, 9.17) is 5.73 Å². The molecule has 0 spiro atoms. The van der Waals surface area contributed by atoms with Crippen LogP contribution in [0.5, 0.6) is 5.75 Å². The minimum Gasteiger partial charge on any atom is -0.508 e. The maximum Gasteiger partial charge on any atom is 0.255 e. The summed E-state index contributed by atoms with van der Waals surface area (Å²) >= 11 is 0. The highest BCUT2D eigenvalue weighted by Gasteiger charge is 2.64. The number of fused-ring (bicyclic) bond motifs is 6. The van der Waals surface area contributed by atoms with Crippen molar-refractivity contribution in [1.82, 2.24) is 9.80 Å². The van der Waals surface area contributed by atoms with Gasteiger partial charge in [-0.15, -0.1) is 0 Å². The van der Waals surface area contributed by atoms with Crippen molar-refractivity contribution in [1.29, 1.82) is 0 Å². The Kier molecular flexibility index (Phi) is 5.18. The number of Topliss-reactive ketones (excluding diaryl/α,β-unsaturated/α-hetero) is 2. The fourth-order valence-corrected chi connectivity index (χ4v) is 7.88. The lowest BCUT2D eigenvalue weighted by Gasteiger charge is -2.50. The number of nitrogens with two attached hydrogens (primary N) is 1. The Bertz CT molecular complexity index is 1420. The SMILES string of the molecule is CN(C)[C@@H]1C(=O)C(C(N)=O)=C(O)[C@@]2(O)C(=O)C3=C(O)c4c(O)c5c(c(F)c4C[C@H]3C[C@@H]12)[C@@H]1[C@@H](CCN1C)C5. The predicted molar refractivity (Wildman–Crippen MR) is 131 cm³/mol. The van der Waals surface area contributed by atoms with Gasteiger partial charge in [0.2, 0.25) is 5.78 Å². The number of carbonyl (C=O) groups is 3. The first kappa shape index (κ1) is 25.0. The summed E-state index contributed by atoms with van der Waals surface area (Å²) in [5.41, 5.74) is 2.22. The van der Waals surface area contributed by atoms with Crippen LogP contribution in [0.1, 0.15) is 41.1 Å². The number of ketones is 2. The number of hydrogen-bond donors (Lipinski definition) is 5. The van der Waals surface area contributed by atoms with Gasteiger partial charge in [-0.3, -0.25) is 24.2 Å². The van der Waals surface area contributed by atoms with E-state index in [9.17, 15) is 34.8 Å². The maximum atomic E-state index is 16.2. The summed E-state index contributed by atoms with van der Waals surface area (Å²) in [7, 11) is 4.97. The Morgan fingerprint density at radius 1 is 1.16 bits per heavy atom. The van der Waals surface area contributed by atoms with Gasteiger partial charge in [0.15, 0.2) is 11.4 Å². The third kappa shape index (κ3) is 2.84. The molecule has 10 nitrogen and oxygen atoms in total. The van der Waals surface area contributed by atoms with Crippen molar-refractivity contribution in [2.45, 2.75) is 43.4 Å². The molecule has 1 saturated carbocycles. The van der Waals surface area contributed by atoms with Crippen LogP contribution in [0.25, 0.3) is 5.76 Å². The first-order chi connectivity index (χ1) is 17.8. The summed E-state index contributed by atoms with van der Waals surface area (Å²) in [6.07, 6.45) is 1.15. The van der Waals surface area contributed by atoms with Crippen molar-refractivity contribution < 1.29 is 39.2 Å². The molecule has 0 radical (unpaired) electrons. The van der Waals surface area contributed by atoms with E-state index in [0.717, 1.165) is 13.0 Å². The molecule has 6 N–H and O–H groups in total. The molecule has 1 aromatic rings. The maximum absolute atomic E-state index is 16.2. The quantitative estimate of drug-likeness (QED) is 0.347. The van der Waals surface area contributed by atoms with E-state index in [-0.39, 0.29) is 47.3 Å². The van der Waals surface area contributed by atoms with Crippen LogP contribution in [0, 0.1) is 23.6 Å². The second kappa shape index (κ2) is 7.87. The summed E-state index contributed by atoms with van der Waals surface area (Å²) in [6, 6.07) is -1.37. The summed E-state index contributed by atoms with van der Waals surface area (Å²) < 4.78 is 16.2. The van der Waals surface area contributed by atoms with Crippen molar-refractivity contribution >= 4 is 23.2 Å². The highest BCUT2D eigenvalue weighted by atomic mass is 19.1. The van der Waals surface area contributed by atoms with E-state index in [1.165, 1.54) is 19.0 Å². The van der Waals surface area contributed by atoms with Gasteiger partial charge in [-0.2, -0.15) is 0 Å². The number of carbonyl (C=O) groups excluding carboxylic acids is 3. The van der Waals surface area contributed by atoms with E-state index in [0.29, 0.717) is 17.5 Å². The molecule has 1 saturated heterocycles. The van der Waals surface area contributed by atoms with E-state index in [1.54, 1.807) is 0 Å². The van der Waals surface area contributed by atoms with E-state index >= 15 is 4.39 Å². The van der Waals surface area contributed by atoms with Crippen LogP contribution in [0.2, 0.25) is 0 Å². The molecule has 1 amide bonds. The van der Waals surface area contributed by atoms with Gasteiger partial charge in [-0.25, -0.2) is 4.39 Å². The van der Waals surface area contributed by atoms with Gasteiger partial charge in [0.25, 0.3) is 5.91 Å². The molecule has 1 heterocycles. The van der Waals surface area contributed by atoms with Crippen molar-refractivity contribution in [3.63, 3.8) is 0 Å². The number of nitrogens with zero attached hydrogens (tertiary/aromatic N) is 2. The van der Waals surface area contributed by atoms with Crippen molar-refractivity contribution in [2.24, 2.45) is 23.5 Å². The number of aliphatic hydroxyl groups is 3. The highest BCUT2D eigenvalue weighted by molar-refractivity contribution is 6.24. The first-order valence-corrected chi connectivity index (χ1v) is 12.7. The number of aromatic hydroxyl groups is 1. The molecule has 11 heteroatoms. The van der Waals surface area contributed by atoms with Crippen molar-refractivity contribution in [3.05, 3.63) is 45.0 Å². The van der Waals surface area contributed by atoms with Gasteiger partial charge < -0.3 is 26.2 Å². The number of aliphatic hydroxyl groups excluding tert-OH is 2. The highest BCUT2D eigenvalue weighted by Crippen LogP contribution is 2.57. The van der Waals surface area contributed by atoms with Gasteiger partial charge in [-0.1, -0.05) is 0 Å². The summed E-state index contributed by atoms with van der Waals surface area (Å²) in [4.78, 5) is 42.6. The molecular weight excluding hydrogens is 497 g/mol.